The first-order chi connectivity index (χ1) is 18.5. The minimum absolute atomic E-state index is 0.0439. The predicted octanol–water partition coefficient (Wildman–Crippen LogP) is 2.61. The molecule has 1 atom stereocenters. The van der Waals surface area contributed by atoms with Crippen LogP contribution >= 0.6 is 11.3 Å². The van der Waals surface area contributed by atoms with Gasteiger partial charge < -0.3 is 9.30 Å². The molecule has 14 heteroatoms. The lowest BCUT2D eigenvalue weighted by Gasteiger charge is -2.34. The van der Waals surface area contributed by atoms with Crippen molar-refractivity contribution in [1.82, 2.24) is 8.87 Å². The molecule has 0 saturated carbocycles. The molecule has 1 aliphatic rings. The Hall–Kier alpha value is -2.91. The highest BCUT2D eigenvalue weighted by Gasteiger charge is 2.32. The van der Waals surface area contributed by atoms with E-state index in [1.165, 1.54) is 47.0 Å². The van der Waals surface area contributed by atoms with Crippen molar-refractivity contribution < 1.29 is 31.2 Å². The summed E-state index contributed by atoms with van der Waals surface area (Å²) >= 11 is 1.01. The van der Waals surface area contributed by atoms with Gasteiger partial charge in [0.05, 0.1) is 26.6 Å². The molecule has 39 heavy (non-hydrogen) atoms. The third kappa shape index (κ3) is 6.30. The highest BCUT2D eigenvalue weighted by atomic mass is 32.2. The second kappa shape index (κ2) is 11.7. The average Bonchev–Trinajstić information content (AvgIpc) is 3.24. The van der Waals surface area contributed by atoms with Gasteiger partial charge in [0.25, 0.3) is 5.91 Å². The summed E-state index contributed by atoms with van der Waals surface area (Å²) in [5.74, 6) is -1.21. The number of piperidine rings is 1. The molecule has 0 bridgehead atoms. The molecule has 0 aliphatic carbocycles. The quantitative estimate of drug-likeness (QED) is 0.393. The summed E-state index contributed by atoms with van der Waals surface area (Å²) < 4.78 is 58.6. The van der Waals surface area contributed by atoms with Crippen LogP contribution in [0.4, 0.5) is 0 Å². The van der Waals surface area contributed by atoms with Gasteiger partial charge in [0.1, 0.15) is 6.54 Å². The van der Waals surface area contributed by atoms with Gasteiger partial charge in [0.2, 0.25) is 20.0 Å². The number of sulfonamides is 2. The summed E-state index contributed by atoms with van der Waals surface area (Å²) in [4.78, 5) is 29.6. The molecule has 210 valence electrons. The fourth-order valence-electron chi connectivity index (χ4n) is 4.56. The van der Waals surface area contributed by atoms with Crippen LogP contribution in [0.2, 0.25) is 0 Å². The van der Waals surface area contributed by atoms with E-state index in [0.717, 1.165) is 37.0 Å². The summed E-state index contributed by atoms with van der Waals surface area (Å²) in [5.41, 5.74) is 0.630. The van der Waals surface area contributed by atoms with Crippen molar-refractivity contribution in [2.45, 2.75) is 61.9 Å². The Morgan fingerprint density at radius 1 is 1.05 bits per heavy atom. The van der Waals surface area contributed by atoms with E-state index in [0.29, 0.717) is 16.8 Å². The van der Waals surface area contributed by atoms with Crippen LogP contribution in [0.15, 0.2) is 57.2 Å². The van der Waals surface area contributed by atoms with Crippen molar-refractivity contribution in [3.63, 3.8) is 0 Å². The van der Waals surface area contributed by atoms with Gasteiger partial charge in [0, 0.05) is 18.2 Å². The zero-order valence-corrected chi connectivity index (χ0v) is 24.0. The third-order valence-corrected chi connectivity index (χ3v) is 10.4. The lowest BCUT2D eigenvalue weighted by molar-refractivity contribution is -0.143. The largest absolute Gasteiger partial charge is 0.465 e. The number of rotatable bonds is 8. The number of hydrogen-bond donors (Lipinski definition) is 1. The molecular formula is C25H30N4O7S3. The predicted molar refractivity (Wildman–Crippen MR) is 146 cm³/mol. The smallest absolute Gasteiger partial charge is 0.326 e. The molecule has 4 rings (SSSR count). The van der Waals surface area contributed by atoms with Gasteiger partial charge in [0.15, 0.2) is 4.80 Å². The second-order valence-corrected chi connectivity index (χ2v) is 13.5. The lowest BCUT2D eigenvalue weighted by atomic mass is 10.0. The van der Waals surface area contributed by atoms with E-state index in [2.05, 4.69) is 4.99 Å². The summed E-state index contributed by atoms with van der Waals surface area (Å²) in [6.45, 7) is 4.02. The molecule has 1 aliphatic heterocycles. The maximum absolute atomic E-state index is 13.2. The van der Waals surface area contributed by atoms with Gasteiger partial charge in [-0.25, -0.2) is 22.0 Å². The van der Waals surface area contributed by atoms with E-state index < -0.39 is 31.9 Å². The topological polar surface area (TPSA) is 158 Å². The lowest BCUT2D eigenvalue weighted by Crippen LogP contribution is -2.43. The normalized spacial score (nSPS) is 17.4. The van der Waals surface area contributed by atoms with E-state index in [1.54, 1.807) is 11.2 Å². The monoisotopic (exact) mass is 594 g/mol. The van der Waals surface area contributed by atoms with Crippen molar-refractivity contribution in [3.05, 3.63) is 52.8 Å². The van der Waals surface area contributed by atoms with Crippen LogP contribution < -0.4 is 9.94 Å². The number of nitrogens with zero attached hydrogens (tertiary/aromatic N) is 3. The van der Waals surface area contributed by atoms with E-state index in [9.17, 15) is 26.4 Å². The van der Waals surface area contributed by atoms with Crippen molar-refractivity contribution in [2.24, 2.45) is 10.1 Å². The van der Waals surface area contributed by atoms with Crippen LogP contribution in [0, 0.1) is 0 Å². The number of thiazole rings is 1. The number of aromatic nitrogens is 1. The molecule has 3 aromatic rings. The number of ether oxygens (including phenoxy) is 1. The van der Waals surface area contributed by atoms with E-state index >= 15 is 0 Å². The third-order valence-electron chi connectivity index (χ3n) is 6.52. The van der Waals surface area contributed by atoms with Crippen LogP contribution in [0.5, 0.6) is 0 Å². The number of carbonyl (C=O) groups excluding carboxylic acids is 2. The standard InChI is InChI=1S/C25H30N4O7S3/c1-3-18-7-5-6-14-29(18)39(34,35)19-10-8-17(9-11-19)24(31)27-25-28(16-23(30)36-4-2)21-13-12-20(38(26,32)33)15-22(21)37-25/h8-13,15,18H,3-7,14,16H2,1-2H3,(H2,26,32,33)/t18-/m0/s1. The number of primary sulfonamides is 1. The van der Waals surface area contributed by atoms with Crippen LogP contribution in [0.1, 0.15) is 49.9 Å². The Bertz CT molecular complexity index is 1670. The minimum Gasteiger partial charge on any atom is -0.465 e. The molecule has 2 heterocycles. The number of amides is 1. The first-order valence-electron chi connectivity index (χ1n) is 12.5. The summed E-state index contributed by atoms with van der Waals surface area (Å²) in [6, 6.07) is 9.71. The van der Waals surface area contributed by atoms with Crippen molar-refractivity contribution in [3.8, 4) is 0 Å². The molecule has 1 saturated heterocycles. The van der Waals surface area contributed by atoms with Gasteiger partial charge in [-0.1, -0.05) is 24.7 Å². The summed E-state index contributed by atoms with van der Waals surface area (Å²) in [5, 5.41) is 5.25. The molecular weight excluding hydrogens is 564 g/mol. The zero-order chi connectivity index (χ0) is 28.4. The molecule has 1 aromatic heterocycles. The average molecular weight is 595 g/mol. The maximum atomic E-state index is 13.2. The maximum Gasteiger partial charge on any atom is 0.326 e. The van der Waals surface area contributed by atoms with Crippen molar-refractivity contribution in [2.75, 3.05) is 13.2 Å². The number of fused-ring (bicyclic) bond motifs is 1. The van der Waals surface area contributed by atoms with Crippen molar-refractivity contribution >= 4 is 53.5 Å². The number of hydrogen-bond acceptors (Lipinski definition) is 8. The van der Waals surface area contributed by atoms with Gasteiger partial charge >= 0.3 is 5.97 Å². The molecule has 11 nitrogen and oxygen atoms in total. The van der Waals surface area contributed by atoms with Gasteiger partial charge in [-0.3, -0.25) is 9.59 Å². The second-order valence-electron chi connectivity index (χ2n) is 9.07. The van der Waals surface area contributed by atoms with Gasteiger partial charge in [-0.15, -0.1) is 0 Å². The molecule has 2 aromatic carbocycles. The SMILES string of the molecule is CCOC(=O)Cn1c(=NC(=O)c2ccc(S(=O)(=O)N3CCCC[C@@H]3CC)cc2)sc2cc(S(N)(=O)=O)ccc21. The number of nitrogens with two attached hydrogens (primary N) is 1. The Labute approximate surface area is 231 Å². The Kier molecular flexibility index (Phi) is 8.71. The van der Waals surface area contributed by atoms with Gasteiger partial charge in [-0.05, 0) is 68.7 Å². The molecule has 1 fully saturated rings. The van der Waals surface area contributed by atoms with E-state index in [4.69, 9.17) is 9.88 Å². The Balaban J connectivity index is 1.70. The highest BCUT2D eigenvalue weighted by Crippen LogP contribution is 2.27. The molecule has 2 N–H and O–H groups in total. The van der Waals surface area contributed by atoms with Crippen molar-refractivity contribution in [1.29, 1.82) is 0 Å². The van der Waals surface area contributed by atoms with Crippen LogP contribution in [-0.4, -0.2) is 56.8 Å². The van der Waals surface area contributed by atoms with Crippen LogP contribution in [0.3, 0.4) is 0 Å². The fourth-order valence-corrected chi connectivity index (χ4v) is 8.01. The first-order valence-corrected chi connectivity index (χ1v) is 16.3. The molecule has 1 amide bonds. The summed E-state index contributed by atoms with van der Waals surface area (Å²) in [7, 11) is -7.67. The molecule has 0 unspecified atom stereocenters. The first kappa shape index (κ1) is 29.1. The Morgan fingerprint density at radius 3 is 2.38 bits per heavy atom. The highest BCUT2D eigenvalue weighted by molar-refractivity contribution is 7.89. The summed E-state index contributed by atoms with van der Waals surface area (Å²) in [6.07, 6.45) is 3.36. The minimum atomic E-state index is -3.97. The van der Waals surface area contributed by atoms with E-state index in [-0.39, 0.29) is 39.3 Å². The number of carbonyl (C=O) groups is 2. The van der Waals surface area contributed by atoms with E-state index in [1.807, 2.05) is 6.92 Å². The fraction of sp³-hybridized carbons (Fsp3) is 0.400. The molecule has 0 spiro atoms. The zero-order valence-electron chi connectivity index (χ0n) is 21.6. The number of esters is 1. The van der Waals surface area contributed by atoms with Crippen LogP contribution in [-0.2, 0) is 36.1 Å². The number of benzene rings is 2. The Morgan fingerprint density at radius 2 is 1.74 bits per heavy atom. The molecule has 0 radical (unpaired) electrons. The van der Waals surface area contributed by atoms with Crippen LogP contribution in [0.25, 0.3) is 10.2 Å². The van der Waals surface area contributed by atoms with Gasteiger partial charge in [-0.2, -0.15) is 9.30 Å².